The second kappa shape index (κ2) is 5.22. The maximum atomic E-state index is 12.8. The summed E-state index contributed by atoms with van der Waals surface area (Å²) in [6.07, 6.45) is 0. The summed E-state index contributed by atoms with van der Waals surface area (Å²) in [5.74, 6) is -0.0195. The highest BCUT2D eigenvalue weighted by Gasteiger charge is 2.33. The lowest BCUT2D eigenvalue weighted by Crippen LogP contribution is -2.49. The summed E-state index contributed by atoms with van der Waals surface area (Å²) in [4.78, 5) is 14.4. The van der Waals surface area contributed by atoms with Crippen LogP contribution in [0.4, 0.5) is 11.4 Å². The van der Waals surface area contributed by atoms with Gasteiger partial charge in [-0.05, 0) is 19.1 Å². The van der Waals surface area contributed by atoms with Crippen LogP contribution in [0, 0.1) is 0 Å². The van der Waals surface area contributed by atoms with E-state index in [0.29, 0.717) is 5.56 Å². The van der Waals surface area contributed by atoms with Crippen LogP contribution in [0.15, 0.2) is 18.2 Å². The molecule has 0 bridgehead atoms. The molecule has 1 atom stereocenters. The standard InChI is InChI=1S/C14H19N3O3S/c1-10-9-21(19,20)8-7-17(10)14(18)11-3-2-4-12-13(11)16-6-5-15-12/h2-4,10,15-16H,5-9H2,1H3. The van der Waals surface area contributed by atoms with Crippen molar-refractivity contribution in [3.8, 4) is 0 Å². The molecule has 1 aromatic carbocycles. The molecule has 1 amide bonds. The van der Waals surface area contributed by atoms with Crippen molar-refractivity contribution in [2.45, 2.75) is 13.0 Å². The zero-order chi connectivity index (χ0) is 15.0. The summed E-state index contributed by atoms with van der Waals surface area (Å²) in [6.45, 7) is 3.64. The summed E-state index contributed by atoms with van der Waals surface area (Å²) in [7, 11) is -3.02. The Morgan fingerprint density at radius 1 is 1.29 bits per heavy atom. The number of sulfone groups is 1. The second-order valence-corrected chi connectivity index (χ2v) is 7.77. The first-order valence-corrected chi connectivity index (χ1v) is 8.92. The molecule has 2 N–H and O–H groups in total. The minimum absolute atomic E-state index is 0.0411. The number of carbonyl (C=O) groups is 1. The number of nitrogens with zero attached hydrogens (tertiary/aromatic N) is 1. The van der Waals surface area contributed by atoms with Gasteiger partial charge in [0.05, 0.1) is 28.4 Å². The zero-order valence-corrected chi connectivity index (χ0v) is 12.7. The largest absolute Gasteiger partial charge is 0.382 e. The van der Waals surface area contributed by atoms with Crippen LogP contribution < -0.4 is 10.6 Å². The third-order valence-electron chi connectivity index (χ3n) is 3.97. The number of rotatable bonds is 1. The molecule has 1 saturated heterocycles. The average molecular weight is 309 g/mol. The maximum absolute atomic E-state index is 12.8. The molecule has 2 heterocycles. The summed E-state index contributed by atoms with van der Waals surface area (Å²) in [5, 5.41) is 6.51. The lowest BCUT2D eigenvalue weighted by Gasteiger charge is -2.34. The molecule has 114 valence electrons. The maximum Gasteiger partial charge on any atom is 0.256 e. The van der Waals surface area contributed by atoms with Gasteiger partial charge in [0.15, 0.2) is 9.84 Å². The molecule has 7 heteroatoms. The van der Waals surface area contributed by atoms with Crippen molar-refractivity contribution < 1.29 is 13.2 Å². The topological polar surface area (TPSA) is 78.5 Å². The molecular formula is C14H19N3O3S. The Labute approximate surface area is 124 Å². The van der Waals surface area contributed by atoms with E-state index in [1.807, 2.05) is 12.1 Å². The minimum Gasteiger partial charge on any atom is -0.382 e. The Morgan fingerprint density at radius 3 is 2.81 bits per heavy atom. The van der Waals surface area contributed by atoms with E-state index in [1.165, 1.54) is 0 Å². The van der Waals surface area contributed by atoms with E-state index < -0.39 is 9.84 Å². The fourth-order valence-electron chi connectivity index (χ4n) is 2.91. The average Bonchev–Trinajstić information content (AvgIpc) is 2.45. The van der Waals surface area contributed by atoms with Crippen molar-refractivity contribution in [2.24, 2.45) is 0 Å². The van der Waals surface area contributed by atoms with Gasteiger partial charge in [-0.1, -0.05) is 6.07 Å². The molecule has 0 spiro atoms. The molecule has 1 fully saturated rings. The molecule has 2 aliphatic rings. The molecule has 0 radical (unpaired) electrons. The second-order valence-electron chi connectivity index (χ2n) is 5.54. The van der Waals surface area contributed by atoms with E-state index in [2.05, 4.69) is 10.6 Å². The van der Waals surface area contributed by atoms with Crippen LogP contribution >= 0.6 is 0 Å². The number of nitrogens with one attached hydrogen (secondary N) is 2. The molecule has 6 nitrogen and oxygen atoms in total. The summed E-state index contributed by atoms with van der Waals surface area (Å²) in [6, 6.07) is 5.28. The molecule has 0 aromatic heterocycles. The van der Waals surface area contributed by atoms with Gasteiger partial charge in [0.25, 0.3) is 5.91 Å². The molecular weight excluding hydrogens is 290 g/mol. The van der Waals surface area contributed by atoms with Crippen molar-refractivity contribution in [1.29, 1.82) is 0 Å². The highest BCUT2D eigenvalue weighted by atomic mass is 32.2. The minimum atomic E-state index is -3.02. The van der Waals surface area contributed by atoms with Gasteiger partial charge in [-0.25, -0.2) is 8.42 Å². The molecule has 21 heavy (non-hydrogen) atoms. The number of benzene rings is 1. The van der Waals surface area contributed by atoms with Gasteiger partial charge in [-0.2, -0.15) is 0 Å². The van der Waals surface area contributed by atoms with Crippen molar-refractivity contribution in [3.05, 3.63) is 23.8 Å². The van der Waals surface area contributed by atoms with Gasteiger partial charge in [0, 0.05) is 25.7 Å². The first kappa shape index (κ1) is 14.2. The summed E-state index contributed by atoms with van der Waals surface area (Å²) < 4.78 is 23.3. The Bertz CT molecular complexity index is 672. The van der Waals surface area contributed by atoms with E-state index in [1.54, 1.807) is 17.9 Å². The quantitative estimate of drug-likeness (QED) is 0.801. The molecule has 2 aliphatic heterocycles. The van der Waals surface area contributed by atoms with E-state index in [9.17, 15) is 13.2 Å². The number of hydrogen-bond acceptors (Lipinski definition) is 5. The predicted molar refractivity (Wildman–Crippen MR) is 82.6 cm³/mol. The smallest absolute Gasteiger partial charge is 0.256 e. The van der Waals surface area contributed by atoms with E-state index >= 15 is 0 Å². The summed E-state index contributed by atoms with van der Waals surface area (Å²) >= 11 is 0. The van der Waals surface area contributed by atoms with Crippen molar-refractivity contribution in [3.63, 3.8) is 0 Å². The molecule has 0 saturated carbocycles. The number of amides is 1. The van der Waals surface area contributed by atoms with Crippen molar-refractivity contribution in [1.82, 2.24) is 4.90 Å². The third kappa shape index (κ3) is 2.70. The number of fused-ring (bicyclic) bond motifs is 1. The Morgan fingerprint density at radius 2 is 2.05 bits per heavy atom. The third-order valence-corrected chi connectivity index (χ3v) is 5.76. The van der Waals surface area contributed by atoms with Gasteiger partial charge in [0.1, 0.15) is 0 Å². The molecule has 0 aliphatic carbocycles. The number of para-hydroxylation sites is 1. The van der Waals surface area contributed by atoms with E-state index in [4.69, 9.17) is 0 Å². The fraction of sp³-hybridized carbons (Fsp3) is 0.500. The van der Waals surface area contributed by atoms with E-state index in [0.717, 1.165) is 24.5 Å². The van der Waals surface area contributed by atoms with Crippen LogP contribution in [0.1, 0.15) is 17.3 Å². The fourth-order valence-corrected chi connectivity index (χ4v) is 4.46. The van der Waals surface area contributed by atoms with Gasteiger partial charge in [0.2, 0.25) is 0 Å². The monoisotopic (exact) mass is 309 g/mol. The van der Waals surface area contributed by atoms with E-state index in [-0.39, 0.29) is 30.0 Å². The van der Waals surface area contributed by atoms with Gasteiger partial charge >= 0.3 is 0 Å². The van der Waals surface area contributed by atoms with Gasteiger partial charge < -0.3 is 15.5 Å². The normalized spacial score (nSPS) is 23.7. The number of anilines is 2. The Hall–Kier alpha value is -1.76. The van der Waals surface area contributed by atoms with Crippen LogP contribution in [-0.4, -0.2) is 56.4 Å². The molecule has 3 rings (SSSR count). The van der Waals surface area contributed by atoms with Crippen LogP contribution in [0.2, 0.25) is 0 Å². The lowest BCUT2D eigenvalue weighted by atomic mass is 10.1. The van der Waals surface area contributed by atoms with Crippen LogP contribution in [0.3, 0.4) is 0 Å². The van der Waals surface area contributed by atoms with Crippen LogP contribution in [-0.2, 0) is 9.84 Å². The van der Waals surface area contributed by atoms with Crippen molar-refractivity contribution >= 4 is 27.1 Å². The molecule has 1 aromatic rings. The zero-order valence-electron chi connectivity index (χ0n) is 11.9. The predicted octanol–water partition coefficient (Wildman–Crippen LogP) is 0.783. The highest BCUT2D eigenvalue weighted by Crippen LogP contribution is 2.30. The first-order chi connectivity index (χ1) is 9.98. The number of hydrogen-bond donors (Lipinski definition) is 2. The van der Waals surface area contributed by atoms with Gasteiger partial charge in [-0.15, -0.1) is 0 Å². The van der Waals surface area contributed by atoms with Gasteiger partial charge in [-0.3, -0.25) is 4.79 Å². The Kier molecular flexibility index (Phi) is 3.52. The molecule has 1 unspecified atom stereocenters. The number of carbonyl (C=O) groups excluding carboxylic acids is 1. The summed E-state index contributed by atoms with van der Waals surface area (Å²) in [5.41, 5.74) is 2.34. The lowest BCUT2D eigenvalue weighted by molar-refractivity contribution is 0.0713. The Balaban J connectivity index is 1.89. The van der Waals surface area contributed by atoms with Crippen molar-refractivity contribution in [2.75, 3.05) is 41.8 Å². The highest BCUT2D eigenvalue weighted by molar-refractivity contribution is 7.91. The first-order valence-electron chi connectivity index (χ1n) is 7.10. The van der Waals surface area contributed by atoms with Crippen LogP contribution in [0.5, 0.6) is 0 Å². The van der Waals surface area contributed by atoms with Crippen LogP contribution in [0.25, 0.3) is 0 Å². The SMILES string of the molecule is CC1CS(=O)(=O)CCN1C(=O)c1cccc2c1NCCN2.